The monoisotopic (exact) mass is 469 g/mol. The van der Waals surface area contributed by atoms with E-state index in [-0.39, 0.29) is 5.91 Å². The molecule has 6 heteroatoms. The molecule has 4 nitrogen and oxygen atoms in total. The van der Waals surface area contributed by atoms with Crippen LogP contribution >= 0.6 is 34.2 Å². The first-order valence-electron chi connectivity index (χ1n) is 8.39. The third-order valence-corrected chi connectivity index (χ3v) is 5.93. The lowest BCUT2D eigenvalue weighted by molar-refractivity contribution is 0.0947. The highest BCUT2D eigenvalue weighted by Gasteiger charge is 2.17. The summed E-state index contributed by atoms with van der Waals surface area (Å²) < 4.78 is 0.893. The molecule has 0 spiro atoms. The van der Waals surface area contributed by atoms with Crippen LogP contribution in [0.3, 0.4) is 0 Å². The molecule has 1 fully saturated rings. The average Bonchev–Trinajstić information content (AvgIpc) is 2.65. The number of carbonyl (C=O) groups is 1. The molecule has 2 aromatic rings. The summed E-state index contributed by atoms with van der Waals surface area (Å²) in [5.74, 6) is -0.0440. The standard InChI is InChI=1S/C19H21ClIN3O/c20-17-7-6-15(14-18(17)21)19(25)22-8-9-23-10-12-24(13-11-23)16-4-2-1-3-5-16/h1-7,14H,8-13H2,(H,22,25). The van der Waals surface area contributed by atoms with Gasteiger partial charge in [0.05, 0.1) is 5.02 Å². The first kappa shape index (κ1) is 18.5. The number of piperazine rings is 1. The predicted molar refractivity (Wildman–Crippen MR) is 112 cm³/mol. The van der Waals surface area contributed by atoms with Crippen LogP contribution in [0.2, 0.25) is 5.02 Å². The molecule has 2 aromatic carbocycles. The molecule has 1 aliphatic rings. The van der Waals surface area contributed by atoms with Crippen LogP contribution in [-0.2, 0) is 0 Å². The van der Waals surface area contributed by atoms with E-state index in [0.717, 1.165) is 36.3 Å². The van der Waals surface area contributed by atoms with Crippen molar-refractivity contribution in [2.45, 2.75) is 0 Å². The van der Waals surface area contributed by atoms with Gasteiger partial charge in [-0.1, -0.05) is 29.8 Å². The molecule has 0 atom stereocenters. The number of benzene rings is 2. The van der Waals surface area contributed by atoms with Crippen LogP contribution < -0.4 is 10.2 Å². The van der Waals surface area contributed by atoms with Crippen LogP contribution in [0.25, 0.3) is 0 Å². The number of nitrogens with one attached hydrogen (secondary N) is 1. The Morgan fingerprint density at radius 3 is 2.48 bits per heavy atom. The molecule has 25 heavy (non-hydrogen) atoms. The Balaban J connectivity index is 1.41. The zero-order chi connectivity index (χ0) is 17.6. The van der Waals surface area contributed by atoms with E-state index >= 15 is 0 Å². The van der Waals surface area contributed by atoms with Gasteiger partial charge < -0.3 is 10.2 Å². The fraction of sp³-hybridized carbons (Fsp3) is 0.316. The van der Waals surface area contributed by atoms with Crippen LogP contribution in [0.5, 0.6) is 0 Å². The number of carbonyl (C=O) groups excluding carboxylic acids is 1. The van der Waals surface area contributed by atoms with Gasteiger partial charge in [0.25, 0.3) is 5.91 Å². The van der Waals surface area contributed by atoms with Gasteiger partial charge in [-0.25, -0.2) is 0 Å². The second-order valence-electron chi connectivity index (χ2n) is 6.05. The maximum Gasteiger partial charge on any atom is 0.251 e. The van der Waals surface area contributed by atoms with Crippen LogP contribution in [0.15, 0.2) is 48.5 Å². The molecule has 1 heterocycles. The maximum atomic E-state index is 12.2. The molecule has 0 bridgehead atoms. The molecule has 0 saturated carbocycles. The number of halogens is 2. The third-order valence-electron chi connectivity index (χ3n) is 4.39. The lowest BCUT2D eigenvalue weighted by atomic mass is 10.2. The Morgan fingerprint density at radius 1 is 1.08 bits per heavy atom. The molecule has 132 valence electrons. The van der Waals surface area contributed by atoms with Crippen molar-refractivity contribution >= 4 is 45.8 Å². The smallest absolute Gasteiger partial charge is 0.251 e. The van der Waals surface area contributed by atoms with E-state index in [9.17, 15) is 4.79 Å². The molecule has 0 aromatic heterocycles. The first-order valence-corrected chi connectivity index (χ1v) is 9.85. The number of nitrogens with zero attached hydrogens (tertiary/aromatic N) is 2. The van der Waals surface area contributed by atoms with Crippen molar-refractivity contribution in [1.82, 2.24) is 10.2 Å². The van der Waals surface area contributed by atoms with Gasteiger partial charge in [0.15, 0.2) is 0 Å². The van der Waals surface area contributed by atoms with Crippen molar-refractivity contribution in [2.75, 3.05) is 44.2 Å². The Labute approximate surface area is 167 Å². The Bertz CT molecular complexity index is 718. The fourth-order valence-electron chi connectivity index (χ4n) is 2.94. The summed E-state index contributed by atoms with van der Waals surface area (Å²) in [6, 6.07) is 15.9. The molecule has 0 radical (unpaired) electrons. The summed E-state index contributed by atoms with van der Waals surface area (Å²) in [4.78, 5) is 17.0. The Morgan fingerprint density at radius 2 is 1.80 bits per heavy atom. The minimum absolute atomic E-state index is 0.0440. The highest BCUT2D eigenvalue weighted by Crippen LogP contribution is 2.19. The molecule has 1 N–H and O–H groups in total. The van der Waals surface area contributed by atoms with Gasteiger partial charge in [0, 0.05) is 54.1 Å². The summed E-state index contributed by atoms with van der Waals surface area (Å²) in [5.41, 5.74) is 1.94. The maximum absolute atomic E-state index is 12.2. The van der Waals surface area contributed by atoms with E-state index in [2.05, 4.69) is 62.0 Å². The van der Waals surface area contributed by atoms with Gasteiger partial charge >= 0.3 is 0 Å². The molecule has 0 unspecified atom stereocenters. The minimum Gasteiger partial charge on any atom is -0.369 e. The van der Waals surface area contributed by atoms with Crippen molar-refractivity contribution in [2.24, 2.45) is 0 Å². The Hall–Kier alpha value is -1.31. The Kier molecular flexibility index (Phi) is 6.56. The lowest BCUT2D eigenvalue weighted by Crippen LogP contribution is -2.48. The van der Waals surface area contributed by atoms with Gasteiger partial charge in [-0.05, 0) is 52.9 Å². The summed E-state index contributed by atoms with van der Waals surface area (Å²) in [7, 11) is 0. The van der Waals surface area contributed by atoms with Crippen molar-refractivity contribution in [3.8, 4) is 0 Å². The summed E-state index contributed by atoms with van der Waals surface area (Å²) in [6.07, 6.45) is 0. The molecule has 1 saturated heterocycles. The van der Waals surface area contributed by atoms with Crippen LogP contribution in [0, 0.1) is 3.57 Å². The SMILES string of the molecule is O=C(NCCN1CCN(c2ccccc2)CC1)c1ccc(Cl)c(I)c1. The molecule has 1 amide bonds. The molecule has 0 aliphatic carbocycles. The highest BCUT2D eigenvalue weighted by atomic mass is 127. The van der Waals surface area contributed by atoms with Gasteiger partial charge in [0.2, 0.25) is 0 Å². The normalized spacial score (nSPS) is 15.2. The number of rotatable bonds is 5. The van der Waals surface area contributed by atoms with E-state index in [1.807, 2.05) is 12.1 Å². The number of amides is 1. The molecule has 1 aliphatic heterocycles. The third kappa shape index (κ3) is 5.09. The highest BCUT2D eigenvalue weighted by molar-refractivity contribution is 14.1. The minimum atomic E-state index is -0.0440. The van der Waals surface area contributed by atoms with Crippen LogP contribution in [0.4, 0.5) is 5.69 Å². The summed E-state index contributed by atoms with van der Waals surface area (Å²) in [5, 5.41) is 3.67. The molecular formula is C19H21ClIN3O. The largest absolute Gasteiger partial charge is 0.369 e. The van der Waals surface area contributed by atoms with Crippen molar-refractivity contribution < 1.29 is 4.79 Å². The van der Waals surface area contributed by atoms with E-state index in [0.29, 0.717) is 17.1 Å². The second-order valence-corrected chi connectivity index (χ2v) is 7.62. The second kappa shape index (κ2) is 8.87. The first-order chi connectivity index (χ1) is 12.1. The van der Waals surface area contributed by atoms with Crippen molar-refractivity contribution in [3.63, 3.8) is 0 Å². The number of hydrogen-bond acceptors (Lipinski definition) is 3. The van der Waals surface area contributed by atoms with E-state index in [1.165, 1.54) is 5.69 Å². The van der Waals surface area contributed by atoms with E-state index < -0.39 is 0 Å². The predicted octanol–water partition coefficient (Wildman–Crippen LogP) is 3.50. The van der Waals surface area contributed by atoms with E-state index in [4.69, 9.17) is 11.6 Å². The quantitative estimate of drug-likeness (QED) is 0.681. The summed E-state index contributed by atoms with van der Waals surface area (Å²) >= 11 is 8.14. The van der Waals surface area contributed by atoms with Crippen molar-refractivity contribution in [3.05, 3.63) is 62.7 Å². The zero-order valence-corrected chi connectivity index (χ0v) is 16.8. The zero-order valence-electron chi connectivity index (χ0n) is 13.9. The van der Waals surface area contributed by atoms with Crippen LogP contribution in [0.1, 0.15) is 10.4 Å². The fourth-order valence-corrected chi connectivity index (χ4v) is 3.57. The van der Waals surface area contributed by atoms with Gasteiger partial charge in [0.1, 0.15) is 0 Å². The number of hydrogen-bond donors (Lipinski definition) is 1. The topological polar surface area (TPSA) is 35.6 Å². The average molecular weight is 470 g/mol. The molecular weight excluding hydrogens is 449 g/mol. The summed E-state index contributed by atoms with van der Waals surface area (Å²) in [6.45, 7) is 5.61. The van der Waals surface area contributed by atoms with Gasteiger partial charge in [-0.2, -0.15) is 0 Å². The van der Waals surface area contributed by atoms with Crippen LogP contribution in [-0.4, -0.2) is 50.1 Å². The lowest BCUT2D eigenvalue weighted by Gasteiger charge is -2.36. The number of para-hydroxylation sites is 1. The van der Waals surface area contributed by atoms with Crippen molar-refractivity contribution in [1.29, 1.82) is 0 Å². The van der Waals surface area contributed by atoms with Gasteiger partial charge in [-0.3, -0.25) is 9.69 Å². The van der Waals surface area contributed by atoms with Gasteiger partial charge in [-0.15, -0.1) is 0 Å². The molecule has 3 rings (SSSR count). The van der Waals surface area contributed by atoms with E-state index in [1.54, 1.807) is 12.1 Å². The number of anilines is 1.